The predicted octanol–water partition coefficient (Wildman–Crippen LogP) is 2.17. The minimum Gasteiger partial charge on any atom is -0.339 e. The van der Waals surface area contributed by atoms with E-state index < -0.39 is 10.0 Å². The first-order valence-corrected chi connectivity index (χ1v) is 10.4. The molecule has 0 N–H and O–H groups in total. The van der Waals surface area contributed by atoms with Gasteiger partial charge in [-0.1, -0.05) is 37.0 Å². The summed E-state index contributed by atoms with van der Waals surface area (Å²) >= 11 is 11.9. The van der Waals surface area contributed by atoms with Gasteiger partial charge < -0.3 is 9.80 Å². The molecule has 140 valence electrons. The van der Waals surface area contributed by atoms with E-state index in [0.717, 1.165) is 23.9 Å². The number of piperazine rings is 1. The summed E-state index contributed by atoms with van der Waals surface area (Å²) in [5.74, 6) is -0.195. The molecule has 1 aliphatic rings. The Morgan fingerprint density at radius 3 is 2.36 bits per heavy atom. The minimum atomic E-state index is -3.89. The van der Waals surface area contributed by atoms with E-state index in [0.29, 0.717) is 13.1 Å². The fourth-order valence-corrected chi connectivity index (χ4v) is 4.88. The summed E-state index contributed by atoms with van der Waals surface area (Å²) < 4.78 is 26.9. The molecule has 0 radical (unpaired) electrons. The molecule has 0 saturated carbocycles. The number of nitrogens with zero attached hydrogens (tertiary/aromatic N) is 3. The van der Waals surface area contributed by atoms with Crippen LogP contribution >= 0.6 is 23.2 Å². The largest absolute Gasteiger partial charge is 0.339 e. The van der Waals surface area contributed by atoms with Crippen molar-refractivity contribution in [2.45, 2.75) is 18.7 Å². The van der Waals surface area contributed by atoms with Crippen LogP contribution in [0, 0.1) is 0 Å². The third kappa shape index (κ3) is 4.86. The summed E-state index contributed by atoms with van der Waals surface area (Å²) in [7, 11) is -3.89. The smallest absolute Gasteiger partial charge is 0.245 e. The molecule has 1 fully saturated rings. The highest BCUT2D eigenvalue weighted by molar-refractivity contribution is 7.89. The van der Waals surface area contributed by atoms with Gasteiger partial charge in [-0.3, -0.25) is 4.79 Å². The van der Waals surface area contributed by atoms with Crippen molar-refractivity contribution in [2.24, 2.45) is 0 Å². The van der Waals surface area contributed by atoms with Crippen molar-refractivity contribution in [2.75, 3.05) is 45.8 Å². The van der Waals surface area contributed by atoms with Crippen molar-refractivity contribution in [1.29, 1.82) is 0 Å². The lowest BCUT2D eigenvalue weighted by molar-refractivity contribution is -0.133. The fourth-order valence-electron chi connectivity index (χ4n) is 2.75. The van der Waals surface area contributed by atoms with E-state index in [1.54, 1.807) is 11.8 Å². The molecule has 0 aromatic heterocycles. The first-order chi connectivity index (χ1) is 11.8. The molecule has 2 rings (SSSR count). The van der Waals surface area contributed by atoms with Crippen LogP contribution in [0.1, 0.15) is 13.8 Å². The van der Waals surface area contributed by atoms with Gasteiger partial charge in [0.25, 0.3) is 0 Å². The zero-order chi connectivity index (χ0) is 18.6. The van der Waals surface area contributed by atoms with Gasteiger partial charge in [0.1, 0.15) is 4.90 Å². The van der Waals surface area contributed by atoms with Crippen molar-refractivity contribution < 1.29 is 13.2 Å². The lowest BCUT2D eigenvalue weighted by Crippen LogP contribution is -2.51. The monoisotopic (exact) mass is 407 g/mol. The topological polar surface area (TPSA) is 60.9 Å². The molecule has 0 unspecified atom stereocenters. The van der Waals surface area contributed by atoms with E-state index in [4.69, 9.17) is 23.2 Å². The zero-order valence-electron chi connectivity index (χ0n) is 14.4. The number of rotatable bonds is 6. The van der Waals surface area contributed by atoms with Gasteiger partial charge in [-0.2, -0.15) is 4.31 Å². The number of carbonyl (C=O) groups is 1. The summed E-state index contributed by atoms with van der Waals surface area (Å²) in [4.78, 5) is 16.4. The van der Waals surface area contributed by atoms with Crippen LogP contribution in [0.4, 0.5) is 0 Å². The van der Waals surface area contributed by atoms with Gasteiger partial charge in [-0.15, -0.1) is 0 Å². The Bertz CT molecular complexity index is 719. The minimum absolute atomic E-state index is 0.0767. The van der Waals surface area contributed by atoms with E-state index >= 15 is 0 Å². The average Bonchev–Trinajstić information content (AvgIpc) is 2.61. The summed E-state index contributed by atoms with van der Waals surface area (Å²) in [6.45, 7) is 7.53. The summed E-state index contributed by atoms with van der Waals surface area (Å²) in [6.07, 6.45) is 0. The summed E-state index contributed by atoms with van der Waals surface area (Å²) in [5, 5.41) is 0.368. The molecule has 25 heavy (non-hydrogen) atoms. The van der Waals surface area contributed by atoms with Crippen LogP contribution in [0.3, 0.4) is 0 Å². The molecule has 1 amide bonds. The Hall–Kier alpha value is -0.860. The number of sulfonamides is 1. The second kappa shape index (κ2) is 8.68. The molecule has 0 bridgehead atoms. The Morgan fingerprint density at radius 1 is 1.16 bits per heavy atom. The van der Waals surface area contributed by atoms with Gasteiger partial charge in [0, 0.05) is 37.7 Å². The number of hydrogen-bond donors (Lipinski definition) is 0. The maximum absolute atomic E-state index is 12.9. The Kier molecular flexibility index (Phi) is 7.10. The van der Waals surface area contributed by atoms with Gasteiger partial charge in [0.05, 0.1) is 11.6 Å². The first-order valence-electron chi connectivity index (χ1n) is 8.25. The van der Waals surface area contributed by atoms with Crippen LogP contribution in [0.5, 0.6) is 0 Å². The van der Waals surface area contributed by atoms with Crippen molar-refractivity contribution >= 4 is 39.1 Å². The molecule has 1 aromatic carbocycles. The molecule has 6 nitrogen and oxygen atoms in total. The summed E-state index contributed by atoms with van der Waals surface area (Å²) in [5.41, 5.74) is 0. The van der Waals surface area contributed by atoms with Gasteiger partial charge in [-0.05, 0) is 24.7 Å². The molecular formula is C16H23Cl2N3O3S. The van der Waals surface area contributed by atoms with Crippen LogP contribution in [0.2, 0.25) is 10.0 Å². The SMILES string of the molecule is CCN1CCN(C(=O)CN(CC)S(=O)(=O)c2cc(Cl)ccc2Cl)CC1. The maximum Gasteiger partial charge on any atom is 0.245 e. The molecule has 0 aliphatic carbocycles. The molecular weight excluding hydrogens is 385 g/mol. The van der Waals surface area contributed by atoms with Crippen LogP contribution in [-0.2, 0) is 14.8 Å². The van der Waals surface area contributed by atoms with E-state index in [9.17, 15) is 13.2 Å². The number of amides is 1. The van der Waals surface area contributed by atoms with Crippen molar-refractivity contribution in [3.05, 3.63) is 28.2 Å². The zero-order valence-corrected chi connectivity index (χ0v) is 16.7. The third-order valence-electron chi connectivity index (χ3n) is 4.35. The van der Waals surface area contributed by atoms with Gasteiger partial charge in [0.2, 0.25) is 15.9 Å². The third-order valence-corrected chi connectivity index (χ3v) is 6.99. The molecule has 0 atom stereocenters. The lowest BCUT2D eigenvalue weighted by atomic mass is 10.3. The number of carbonyl (C=O) groups excluding carboxylic acids is 1. The molecule has 1 aliphatic heterocycles. The normalized spacial score (nSPS) is 16.4. The lowest BCUT2D eigenvalue weighted by Gasteiger charge is -2.35. The molecule has 1 heterocycles. The molecule has 0 spiro atoms. The fraction of sp³-hybridized carbons (Fsp3) is 0.562. The highest BCUT2D eigenvalue weighted by Gasteiger charge is 2.30. The molecule has 1 aromatic rings. The second-order valence-electron chi connectivity index (χ2n) is 5.82. The Morgan fingerprint density at radius 2 is 1.80 bits per heavy atom. The number of benzene rings is 1. The Balaban J connectivity index is 2.13. The average molecular weight is 408 g/mol. The van der Waals surface area contributed by atoms with Crippen LogP contribution in [-0.4, -0.2) is 74.2 Å². The quantitative estimate of drug-likeness (QED) is 0.724. The van der Waals surface area contributed by atoms with Crippen LogP contribution in [0.25, 0.3) is 0 Å². The van der Waals surface area contributed by atoms with Gasteiger partial charge >= 0.3 is 0 Å². The molecule has 9 heteroatoms. The Labute approximate surface area is 159 Å². The van der Waals surface area contributed by atoms with Crippen LogP contribution in [0.15, 0.2) is 23.1 Å². The van der Waals surface area contributed by atoms with Crippen LogP contribution < -0.4 is 0 Å². The van der Waals surface area contributed by atoms with Crippen molar-refractivity contribution in [3.63, 3.8) is 0 Å². The first kappa shape index (κ1) is 20.5. The van der Waals surface area contributed by atoms with Crippen molar-refractivity contribution in [3.8, 4) is 0 Å². The van der Waals surface area contributed by atoms with E-state index in [1.165, 1.54) is 18.2 Å². The van der Waals surface area contributed by atoms with E-state index in [2.05, 4.69) is 11.8 Å². The second-order valence-corrected chi connectivity index (χ2v) is 8.57. The summed E-state index contributed by atoms with van der Waals surface area (Å²) in [6, 6.07) is 4.28. The standard InChI is InChI=1S/C16H23Cl2N3O3S/c1-3-19-7-9-20(10-8-19)16(22)12-21(4-2)25(23,24)15-11-13(17)5-6-14(15)18/h5-6,11H,3-4,7-10,12H2,1-2H3. The maximum atomic E-state index is 12.9. The predicted molar refractivity (Wildman–Crippen MR) is 99.6 cm³/mol. The van der Waals surface area contributed by atoms with Gasteiger partial charge in [-0.25, -0.2) is 8.42 Å². The van der Waals surface area contributed by atoms with Crippen molar-refractivity contribution in [1.82, 2.24) is 14.1 Å². The number of halogens is 2. The van der Waals surface area contributed by atoms with E-state index in [1.807, 2.05) is 0 Å². The highest BCUT2D eigenvalue weighted by Crippen LogP contribution is 2.27. The highest BCUT2D eigenvalue weighted by atomic mass is 35.5. The van der Waals surface area contributed by atoms with E-state index in [-0.39, 0.29) is 33.9 Å². The van der Waals surface area contributed by atoms with Gasteiger partial charge in [0.15, 0.2) is 0 Å². The number of likely N-dealkylation sites (N-methyl/N-ethyl adjacent to an activating group) is 2. The number of hydrogen-bond acceptors (Lipinski definition) is 4. The molecule has 1 saturated heterocycles.